The van der Waals surface area contributed by atoms with Gasteiger partial charge in [0.1, 0.15) is 5.76 Å². The highest BCUT2D eigenvalue weighted by molar-refractivity contribution is 6.31. The third-order valence-corrected chi connectivity index (χ3v) is 3.15. The Bertz CT molecular complexity index is 803. The fourth-order valence-corrected chi connectivity index (χ4v) is 2.15. The highest BCUT2D eigenvalue weighted by Crippen LogP contribution is 2.26. The Hall–Kier alpha value is -2.53. The van der Waals surface area contributed by atoms with Crippen LogP contribution in [0.5, 0.6) is 0 Å². The lowest BCUT2D eigenvalue weighted by atomic mass is 10.1. The normalized spacial score (nSPS) is 11.9. The number of benzene rings is 1. The van der Waals surface area contributed by atoms with Gasteiger partial charge in [0, 0.05) is 46.2 Å². The van der Waals surface area contributed by atoms with Gasteiger partial charge in [0.2, 0.25) is 5.78 Å². The zero-order valence-electron chi connectivity index (χ0n) is 10.2. The summed E-state index contributed by atoms with van der Waals surface area (Å²) in [6.45, 7) is 0. The van der Waals surface area contributed by atoms with Gasteiger partial charge < -0.3 is 15.1 Å². The van der Waals surface area contributed by atoms with E-state index in [9.17, 15) is 9.90 Å². The summed E-state index contributed by atoms with van der Waals surface area (Å²) in [6.07, 6.45) is 5.78. The molecule has 0 atom stereocenters. The van der Waals surface area contributed by atoms with Crippen molar-refractivity contribution in [1.82, 2.24) is 15.0 Å². The van der Waals surface area contributed by atoms with E-state index in [4.69, 9.17) is 11.6 Å². The van der Waals surface area contributed by atoms with Crippen LogP contribution in [0.4, 0.5) is 0 Å². The number of aromatic nitrogens is 3. The van der Waals surface area contributed by atoms with Crippen molar-refractivity contribution < 1.29 is 9.90 Å². The molecule has 6 heteroatoms. The second kappa shape index (κ2) is 4.86. The molecular weight excluding hydrogens is 278 g/mol. The van der Waals surface area contributed by atoms with Gasteiger partial charge in [-0.3, -0.25) is 4.79 Å². The predicted octanol–water partition coefficient (Wildman–Crippen LogP) is 3.33. The van der Waals surface area contributed by atoms with Crippen molar-refractivity contribution >= 4 is 34.0 Å². The van der Waals surface area contributed by atoms with Crippen LogP contribution in [-0.2, 0) is 0 Å². The van der Waals surface area contributed by atoms with Crippen LogP contribution in [0.15, 0.2) is 42.9 Å². The highest BCUT2D eigenvalue weighted by atomic mass is 35.5. The van der Waals surface area contributed by atoms with Gasteiger partial charge in [0.05, 0.1) is 0 Å². The lowest BCUT2D eigenvalue weighted by Gasteiger charge is -1.98. The maximum atomic E-state index is 11.8. The Morgan fingerprint density at radius 2 is 2.20 bits per heavy atom. The SMILES string of the molecule is O=C(/C=C(\O)c1c[nH]c2ccc(Cl)cc12)c1ncc[nH]1. The molecule has 2 heterocycles. The Morgan fingerprint density at radius 1 is 1.35 bits per heavy atom. The Morgan fingerprint density at radius 3 is 2.95 bits per heavy atom. The Labute approximate surface area is 118 Å². The molecule has 0 saturated heterocycles. The number of allylic oxidation sites excluding steroid dienone is 1. The van der Waals surface area contributed by atoms with Crippen molar-refractivity contribution in [2.45, 2.75) is 0 Å². The van der Waals surface area contributed by atoms with E-state index in [1.807, 2.05) is 6.07 Å². The first kappa shape index (κ1) is 12.5. The molecule has 1 aromatic carbocycles. The minimum absolute atomic E-state index is 0.139. The van der Waals surface area contributed by atoms with Gasteiger partial charge in [-0.25, -0.2) is 4.98 Å². The average molecular weight is 288 g/mol. The molecule has 3 rings (SSSR count). The maximum Gasteiger partial charge on any atom is 0.224 e. The molecular formula is C14H10ClN3O2. The molecule has 5 nitrogen and oxygen atoms in total. The molecule has 0 fully saturated rings. The molecule has 2 aromatic heterocycles. The van der Waals surface area contributed by atoms with E-state index >= 15 is 0 Å². The fraction of sp³-hybridized carbons (Fsp3) is 0. The maximum absolute atomic E-state index is 11.8. The predicted molar refractivity (Wildman–Crippen MR) is 76.8 cm³/mol. The molecule has 0 aliphatic heterocycles. The number of aromatic amines is 2. The number of aliphatic hydroxyl groups excluding tert-OH is 1. The number of rotatable bonds is 3. The number of H-pyrrole nitrogens is 2. The standard InChI is InChI=1S/C14H10ClN3O2/c15-8-1-2-11-9(5-8)10(7-18-11)12(19)6-13(20)14-16-3-4-17-14/h1-7,18-19H,(H,16,17)/b12-6-. The number of imidazole rings is 1. The zero-order valence-corrected chi connectivity index (χ0v) is 11.0. The van der Waals surface area contributed by atoms with Crippen molar-refractivity contribution in [2.24, 2.45) is 0 Å². The van der Waals surface area contributed by atoms with Gasteiger partial charge in [-0.2, -0.15) is 0 Å². The fourth-order valence-electron chi connectivity index (χ4n) is 1.98. The lowest BCUT2D eigenvalue weighted by Crippen LogP contribution is -1.98. The van der Waals surface area contributed by atoms with Crippen molar-refractivity contribution in [3.63, 3.8) is 0 Å². The van der Waals surface area contributed by atoms with Crippen LogP contribution in [-0.4, -0.2) is 25.8 Å². The summed E-state index contributed by atoms with van der Waals surface area (Å²) in [4.78, 5) is 21.4. The third kappa shape index (κ3) is 2.19. The largest absolute Gasteiger partial charge is 0.507 e. The number of nitrogens with one attached hydrogen (secondary N) is 2. The summed E-state index contributed by atoms with van der Waals surface area (Å²) in [5.41, 5.74) is 1.34. The van der Waals surface area contributed by atoms with Gasteiger partial charge in [-0.05, 0) is 18.2 Å². The minimum atomic E-state index is -0.399. The second-order valence-corrected chi connectivity index (χ2v) is 4.66. The van der Waals surface area contributed by atoms with Crippen LogP contribution in [0.3, 0.4) is 0 Å². The third-order valence-electron chi connectivity index (χ3n) is 2.92. The summed E-state index contributed by atoms with van der Waals surface area (Å²) in [6, 6.07) is 5.28. The molecule has 0 aliphatic rings. The summed E-state index contributed by atoms with van der Waals surface area (Å²) in [7, 11) is 0. The molecule has 0 bridgehead atoms. The van der Waals surface area contributed by atoms with Gasteiger partial charge in [-0.1, -0.05) is 11.6 Å². The molecule has 0 spiro atoms. The van der Waals surface area contributed by atoms with Crippen molar-refractivity contribution in [2.75, 3.05) is 0 Å². The molecule has 20 heavy (non-hydrogen) atoms. The smallest absolute Gasteiger partial charge is 0.224 e. The molecule has 0 radical (unpaired) electrons. The molecule has 3 N–H and O–H groups in total. The Kier molecular flexibility index (Phi) is 3.04. The number of carbonyl (C=O) groups excluding carboxylic acids is 1. The number of ketones is 1. The molecule has 100 valence electrons. The summed E-state index contributed by atoms with van der Waals surface area (Å²) in [5, 5.41) is 11.4. The van der Waals surface area contributed by atoms with E-state index < -0.39 is 5.78 Å². The number of halogens is 1. The van der Waals surface area contributed by atoms with Crippen LogP contribution in [0.2, 0.25) is 5.02 Å². The number of aliphatic hydroxyl groups is 1. The average Bonchev–Trinajstić information content (AvgIpc) is 3.07. The Balaban J connectivity index is 2.02. The highest BCUT2D eigenvalue weighted by Gasteiger charge is 2.12. The van der Waals surface area contributed by atoms with Gasteiger partial charge in [-0.15, -0.1) is 0 Å². The summed E-state index contributed by atoms with van der Waals surface area (Å²) in [5.74, 6) is -0.363. The van der Waals surface area contributed by atoms with Crippen LogP contribution in [0, 0.1) is 0 Å². The zero-order chi connectivity index (χ0) is 14.1. The van der Waals surface area contributed by atoms with Crippen LogP contribution in [0.1, 0.15) is 16.2 Å². The number of carbonyl (C=O) groups is 1. The quantitative estimate of drug-likeness (QED) is 0.392. The summed E-state index contributed by atoms with van der Waals surface area (Å²) >= 11 is 5.94. The van der Waals surface area contributed by atoms with Gasteiger partial charge >= 0.3 is 0 Å². The first-order valence-corrected chi connectivity index (χ1v) is 6.24. The van der Waals surface area contributed by atoms with Gasteiger partial charge in [0.25, 0.3) is 0 Å². The molecule has 0 aliphatic carbocycles. The van der Waals surface area contributed by atoms with Crippen molar-refractivity contribution in [1.29, 1.82) is 0 Å². The van der Waals surface area contributed by atoms with Crippen LogP contribution >= 0.6 is 11.6 Å². The minimum Gasteiger partial charge on any atom is -0.507 e. The number of hydrogen-bond donors (Lipinski definition) is 3. The van der Waals surface area contributed by atoms with Crippen molar-refractivity contribution in [3.05, 3.63) is 59.3 Å². The monoisotopic (exact) mass is 287 g/mol. The van der Waals surface area contributed by atoms with E-state index in [0.717, 1.165) is 17.0 Å². The first-order valence-electron chi connectivity index (χ1n) is 5.86. The van der Waals surface area contributed by atoms with E-state index in [2.05, 4.69) is 15.0 Å². The van der Waals surface area contributed by atoms with E-state index in [-0.39, 0.29) is 11.6 Å². The number of hydrogen-bond acceptors (Lipinski definition) is 3. The van der Waals surface area contributed by atoms with E-state index in [1.165, 1.54) is 6.20 Å². The van der Waals surface area contributed by atoms with Crippen molar-refractivity contribution in [3.8, 4) is 0 Å². The van der Waals surface area contributed by atoms with E-state index in [0.29, 0.717) is 10.6 Å². The molecule has 0 amide bonds. The second-order valence-electron chi connectivity index (χ2n) is 4.22. The van der Waals surface area contributed by atoms with Crippen LogP contribution in [0.25, 0.3) is 16.7 Å². The van der Waals surface area contributed by atoms with Gasteiger partial charge in [0.15, 0.2) is 5.82 Å². The first-order chi connectivity index (χ1) is 9.65. The molecule has 0 unspecified atom stereocenters. The molecule has 0 saturated carbocycles. The summed E-state index contributed by atoms with van der Waals surface area (Å²) < 4.78 is 0. The number of fused-ring (bicyclic) bond motifs is 1. The number of nitrogens with zero attached hydrogens (tertiary/aromatic N) is 1. The van der Waals surface area contributed by atoms with E-state index in [1.54, 1.807) is 24.5 Å². The van der Waals surface area contributed by atoms with Crippen LogP contribution < -0.4 is 0 Å². The topological polar surface area (TPSA) is 81.8 Å². The lowest BCUT2D eigenvalue weighted by molar-refractivity contribution is 0.103. The molecule has 3 aromatic rings.